The minimum atomic E-state index is -4.08. The Morgan fingerprint density at radius 1 is 1.10 bits per heavy atom. The molecule has 0 aromatic heterocycles. The number of carboxylic acid groups (broad SMARTS) is 2. The molecule has 0 aromatic carbocycles. The van der Waals surface area contributed by atoms with Crippen molar-refractivity contribution < 1.29 is 123 Å². The Morgan fingerprint density at radius 2 is 1.57 bits per heavy atom. The molecule has 106 valence electrons. The second-order valence-corrected chi connectivity index (χ2v) is 6.40. The molecule has 3 N–H and O–H groups in total. The number of aliphatic carboxylic acids is 2. The largest absolute Gasteiger partial charge is 1.00 e. The summed E-state index contributed by atoms with van der Waals surface area (Å²) in [5.74, 6) is -4.44. The van der Waals surface area contributed by atoms with Crippen molar-refractivity contribution in [2.45, 2.75) is 18.9 Å². The summed E-state index contributed by atoms with van der Waals surface area (Å²) in [6.45, 7) is -0.475. The second-order valence-electron chi connectivity index (χ2n) is 3.96. The number of carboxylic acids is 2. The topological polar surface area (TPSA) is 167 Å². The summed E-state index contributed by atoms with van der Waals surface area (Å²) in [5, 5.41) is 29.5. The molecular formula is C9H15NNa3O7P. The first-order chi connectivity index (χ1) is 8.19. The minimum absolute atomic E-state index is 0. The van der Waals surface area contributed by atoms with E-state index in [1.54, 1.807) is 0 Å². The number of carbonyl (C=O) groups excluding carboxylic acids is 2. The molecule has 0 saturated carbocycles. The van der Waals surface area contributed by atoms with Crippen molar-refractivity contribution in [2.75, 3.05) is 18.9 Å². The molecule has 0 heterocycles. The molecule has 0 saturated heterocycles. The minimum Gasteiger partial charge on any atom is -0.799 e. The number of aliphatic hydroxyl groups is 1. The van der Waals surface area contributed by atoms with Gasteiger partial charge in [-0.3, -0.25) is 0 Å². The first-order valence-electron chi connectivity index (χ1n) is 5.27. The molecular weight excluding hydrogens is 334 g/mol. The summed E-state index contributed by atoms with van der Waals surface area (Å²) in [5.41, 5.74) is 5.08. The van der Waals surface area contributed by atoms with E-state index in [1.165, 1.54) is 0 Å². The molecule has 0 spiro atoms. The maximum atomic E-state index is 11.5. The number of carbonyl (C=O) groups is 2. The fraction of sp³-hybridized carbons (Fsp3) is 0.778. The van der Waals surface area contributed by atoms with E-state index in [1.807, 2.05) is 0 Å². The van der Waals surface area contributed by atoms with E-state index in [-0.39, 0.29) is 102 Å². The summed E-state index contributed by atoms with van der Waals surface area (Å²) in [7, 11) is -4.08. The summed E-state index contributed by atoms with van der Waals surface area (Å²) < 4.78 is 11.5. The van der Waals surface area contributed by atoms with Crippen LogP contribution in [0.1, 0.15) is 12.8 Å². The van der Waals surface area contributed by atoms with Crippen molar-refractivity contribution >= 4 is 19.3 Å². The molecule has 2 unspecified atom stereocenters. The van der Waals surface area contributed by atoms with Crippen molar-refractivity contribution in [3.8, 4) is 0 Å². The molecule has 12 heteroatoms. The van der Waals surface area contributed by atoms with Gasteiger partial charge in [-0.2, -0.15) is 0 Å². The van der Waals surface area contributed by atoms with E-state index in [2.05, 4.69) is 0 Å². The van der Waals surface area contributed by atoms with Gasteiger partial charge in [0.1, 0.15) is 0 Å². The van der Waals surface area contributed by atoms with Crippen LogP contribution in [0.5, 0.6) is 0 Å². The molecule has 0 radical (unpaired) electrons. The maximum absolute atomic E-state index is 11.5. The molecule has 0 fully saturated rings. The molecule has 3 atom stereocenters. The van der Waals surface area contributed by atoms with Crippen molar-refractivity contribution in [1.82, 2.24) is 0 Å². The number of aliphatic hydroxyl groups excluding tert-OH is 1. The normalized spacial score (nSPS) is 15.2. The zero-order valence-electron chi connectivity index (χ0n) is 12.6. The summed E-state index contributed by atoms with van der Waals surface area (Å²) in [6.07, 6.45) is -1.80. The van der Waals surface area contributed by atoms with Crippen molar-refractivity contribution in [3.05, 3.63) is 0 Å². The fourth-order valence-corrected chi connectivity index (χ4v) is 3.18. The molecule has 8 nitrogen and oxygen atoms in total. The monoisotopic (exact) mass is 349 g/mol. The Labute approximate surface area is 189 Å². The van der Waals surface area contributed by atoms with E-state index in [4.69, 9.17) is 10.8 Å². The van der Waals surface area contributed by atoms with Gasteiger partial charge in [-0.25, -0.2) is 0 Å². The first-order valence-corrected chi connectivity index (χ1v) is 7.26. The van der Waals surface area contributed by atoms with Crippen LogP contribution < -0.4 is 110 Å². The zero-order valence-corrected chi connectivity index (χ0v) is 19.5. The van der Waals surface area contributed by atoms with Gasteiger partial charge >= 0.3 is 88.7 Å². The van der Waals surface area contributed by atoms with E-state index in [0.717, 1.165) is 0 Å². The van der Waals surface area contributed by atoms with Gasteiger partial charge in [-0.1, -0.05) is 0 Å². The zero-order chi connectivity index (χ0) is 14.3. The van der Waals surface area contributed by atoms with E-state index in [0.29, 0.717) is 0 Å². The molecule has 21 heavy (non-hydrogen) atoms. The van der Waals surface area contributed by atoms with E-state index < -0.39 is 50.2 Å². The van der Waals surface area contributed by atoms with Crippen LogP contribution in [-0.4, -0.2) is 42.0 Å². The Hall–Kier alpha value is 2.05. The number of nitrogens with two attached hydrogens (primary N) is 1. The second kappa shape index (κ2) is 15.6. The van der Waals surface area contributed by atoms with Crippen molar-refractivity contribution in [2.24, 2.45) is 11.7 Å². The van der Waals surface area contributed by atoms with Crippen LogP contribution >= 0.6 is 7.37 Å². The summed E-state index contributed by atoms with van der Waals surface area (Å²) in [6, 6.07) is -1.41. The van der Waals surface area contributed by atoms with Gasteiger partial charge in [0.25, 0.3) is 0 Å². The van der Waals surface area contributed by atoms with E-state index >= 15 is 0 Å². The van der Waals surface area contributed by atoms with Crippen molar-refractivity contribution in [3.63, 3.8) is 0 Å². The Kier molecular flexibility index (Phi) is 22.9. The molecule has 0 aromatic rings. The standard InChI is InChI=1S/C9H18NO7P.3Na/c10-7(9(14)15)2-4-18(16,17)5-6(1-3-11)8(12)13;;;/h6-7,11H,1-5,10H2,(H,12,13)(H,14,15)(H,16,17);;;/q;3*+1/p-3/t6?,7-;;;/m0.../s1. The molecule has 0 amide bonds. The quantitative estimate of drug-likeness (QED) is 0.306. The van der Waals surface area contributed by atoms with Crippen LogP contribution in [0.2, 0.25) is 0 Å². The third-order valence-corrected chi connectivity index (χ3v) is 4.33. The third kappa shape index (κ3) is 15.3. The average Bonchev–Trinajstić information content (AvgIpc) is 2.24. The third-order valence-electron chi connectivity index (χ3n) is 2.39. The van der Waals surface area contributed by atoms with Crippen LogP contribution in [0.4, 0.5) is 0 Å². The van der Waals surface area contributed by atoms with Gasteiger partial charge in [-0.05, 0) is 25.2 Å². The fourth-order valence-electron chi connectivity index (χ4n) is 1.32. The molecule has 0 aliphatic rings. The average molecular weight is 349 g/mol. The predicted octanol–water partition coefficient (Wildman–Crippen LogP) is -13.1. The molecule has 0 bridgehead atoms. The van der Waals surface area contributed by atoms with Crippen LogP contribution in [0.25, 0.3) is 0 Å². The van der Waals surface area contributed by atoms with Crippen molar-refractivity contribution in [1.29, 1.82) is 0 Å². The SMILES string of the molecule is N[C@@H](CCP(=O)([O-])CC(CCO)C(=O)[O-])C(=O)[O-].[Na+].[Na+].[Na+]. The summed E-state index contributed by atoms with van der Waals surface area (Å²) >= 11 is 0. The van der Waals surface area contributed by atoms with Crippen LogP contribution in [-0.2, 0) is 14.2 Å². The molecule has 0 aliphatic carbocycles. The number of hydrogen-bond donors (Lipinski definition) is 2. The smallest absolute Gasteiger partial charge is 0.799 e. The van der Waals surface area contributed by atoms with Gasteiger partial charge in [0.05, 0.1) is 5.97 Å². The Morgan fingerprint density at radius 3 is 1.90 bits per heavy atom. The van der Waals surface area contributed by atoms with Gasteiger partial charge in [-0.15, -0.1) is 0 Å². The number of hydrogen-bond acceptors (Lipinski definition) is 8. The molecule has 0 aliphatic heterocycles. The van der Waals surface area contributed by atoms with E-state index in [9.17, 15) is 29.3 Å². The van der Waals surface area contributed by atoms with Gasteiger partial charge in [0.2, 0.25) is 0 Å². The van der Waals surface area contributed by atoms with Crippen LogP contribution in [0.15, 0.2) is 0 Å². The molecule has 0 rings (SSSR count). The van der Waals surface area contributed by atoms with Gasteiger partial charge in [0, 0.05) is 31.9 Å². The Balaban J connectivity index is -0.000000482. The van der Waals surface area contributed by atoms with Crippen LogP contribution in [0.3, 0.4) is 0 Å². The Bertz CT molecular complexity index is 358. The number of rotatable bonds is 9. The first kappa shape index (κ1) is 30.9. The maximum Gasteiger partial charge on any atom is 1.00 e. The van der Waals surface area contributed by atoms with Crippen LogP contribution in [0, 0.1) is 5.92 Å². The van der Waals surface area contributed by atoms with Gasteiger partial charge in [0.15, 0.2) is 0 Å². The summed E-state index contributed by atoms with van der Waals surface area (Å²) in [4.78, 5) is 32.4. The van der Waals surface area contributed by atoms with Gasteiger partial charge < -0.3 is 40.1 Å². The predicted molar refractivity (Wildman–Crippen MR) is 55.1 cm³/mol.